The fourth-order valence-electron chi connectivity index (χ4n) is 4.30. The molecule has 2 rings (SSSR count). The van der Waals surface area contributed by atoms with Gasteiger partial charge in [0.05, 0.1) is 28.4 Å². The molecule has 2 aromatic carbocycles. The Morgan fingerprint density at radius 2 is 1.05 bits per heavy atom. The van der Waals surface area contributed by atoms with Gasteiger partial charge in [-0.15, -0.1) is 0 Å². The van der Waals surface area contributed by atoms with Crippen molar-refractivity contribution < 1.29 is 38.0 Å². The van der Waals surface area contributed by atoms with Gasteiger partial charge in [-0.3, -0.25) is 0 Å². The fourth-order valence-corrected chi connectivity index (χ4v) is 4.30. The van der Waals surface area contributed by atoms with Crippen LogP contribution in [0.3, 0.4) is 0 Å². The van der Waals surface area contributed by atoms with E-state index < -0.39 is 29.7 Å². The number of unbranched alkanes of at least 4 members (excludes halogenated alkanes) is 2. The van der Waals surface area contributed by atoms with Crippen molar-refractivity contribution >= 4 is 11.9 Å². The zero-order valence-electron chi connectivity index (χ0n) is 24.5. The van der Waals surface area contributed by atoms with Crippen LogP contribution in [-0.2, 0) is 31.9 Å². The third kappa shape index (κ3) is 9.60. The number of esters is 2. The van der Waals surface area contributed by atoms with Crippen LogP contribution in [0.4, 0.5) is 0 Å². The largest absolute Gasteiger partial charge is 0.497 e. The number of carbonyl (C=O) groups excluding carboxylic acids is 2. The van der Waals surface area contributed by atoms with E-state index >= 15 is 0 Å². The minimum atomic E-state index is -1.96. The van der Waals surface area contributed by atoms with E-state index in [9.17, 15) is 9.59 Å². The first-order valence-corrected chi connectivity index (χ1v) is 13.4. The van der Waals surface area contributed by atoms with Crippen LogP contribution >= 0.6 is 0 Å². The average Bonchev–Trinajstić information content (AvgIpc) is 2.94. The van der Waals surface area contributed by atoms with E-state index in [1.54, 1.807) is 54.4 Å². The molecule has 2 atom stereocenters. The summed E-state index contributed by atoms with van der Waals surface area (Å²) >= 11 is 0. The second kappa shape index (κ2) is 15.9. The number of ether oxygens (including phenoxy) is 6. The van der Waals surface area contributed by atoms with Crippen LogP contribution in [0, 0.1) is 0 Å². The number of hydrogen-bond donors (Lipinski definition) is 2. The Balaban J connectivity index is 2.15. The maximum atomic E-state index is 13.4. The Labute approximate surface area is 237 Å². The van der Waals surface area contributed by atoms with E-state index in [-0.39, 0.29) is 6.42 Å². The van der Waals surface area contributed by atoms with Crippen LogP contribution in [0.25, 0.3) is 0 Å². The molecule has 0 saturated carbocycles. The fraction of sp³-hybridized carbons (Fsp3) is 0.533. The van der Waals surface area contributed by atoms with Crippen molar-refractivity contribution in [2.24, 2.45) is 11.5 Å². The van der Waals surface area contributed by atoms with Crippen LogP contribution in [-0.4, -0.2) is 64.7 Å². The summed E-state index contributed by atoms with van der Waals surface area (Å²) in [5.41, 5.74) is 11.8. The average molecular weight is 561 g/mol. The van der Waals surface area contributed by atoms with Crippen molar-refractivity contribution in [3.63, 3.8) is 0 Å². The van der Waals surface area contributed by atoms with Crippen molar-refractivity contribution in [1.29, 1.82) is 0 Å². The Morgan fingerprint density at radius 3 is 1.38 bits per heavy atom. The molecule has 0 amide bonds. The number of nitrogens with two attached hydrogens (primary N) is 2. The minimum Gasteiger partial charge on any atom is -0.497 e. The molecule has 0 aliphatic rings. The molecule has 4 N–H and O–H groups in total. The van der Waals surface area contributed by atoms with Gasteiger partial charge < -0.3 is 39.9 Å². The quantitative estimate of drug-likeness (QED) is 0.167. The van der Waals surface area contributed by atoms with Gasteiger partial charge in [0.25, 0.3) is 0 Å². The number of benzene rings is 2. The molecule has 222 valence electrons. The van der Waals surface area contributed by atoms with Gasteiger partial charge in [0.1, 0.15) is 35.2 Å². The molecule has 0 bridgehead atoms. The van der Waals surface area contributed by atoms with Gasteiger partial charge in [-0.2, -0.15) is 0 Å². The van der Waals surface area contributed by atoms with Crippen molar-refractivity contribution in [2.45, 2.75) is 70.1 Å². The molecule has 10 nitrogen and oxygen atoms in total. The zero-order valence-corrected chi connectivity index (χ0v) is 24.5. The summed E-state index contributed by atoms with van der Waals surface area (Å²) in [6.45, 7) is 3.99. The lowest BCUT2D eigenvalue weighted by molar-refractivity contribution is -0.170. The molecular weight excluding hydrogens is 516 g/mol. The van der Waals surface area contributed by atoms with Crippen molar-refractivity contribution in [2.75, 3.05) is 35.0 Å². The van der Waals surface area contributed by atoms with Gasteiger partial charge in [-0.1, -0.05) is 12.8 Å². The lowest BCUT2D eigenvalue weighted by atomic mass is 9.93. The molecule has 0 heterocycles. The highest BCUT2D eigenvalue weighted by atomic mass is 16.6. The van der Waals surface area contributed by atoms with E-state index in [0.29, 0.717) is 55.2 Å². The summed E-state index contributed by atoms with van der Waals surface area (Å²) in [7, 11) is 6.25. The molecule has 0 saturated heterocycles. The van der Waals surface area contributed by atoms with Crippen molar-refractivity contribution in [3.8, 4) is 23.0 Å². The number of methoxy groups -OCH3 is 4. The topological polar surface area (TPSA) is 142 Å². The maximum absolute atomic E-state index is 13.4. The molecule has 2 unspecified atom stereocenters. The Bertz CT molecular complexity index is 985. The van der Waals surface area contributed by atoms with Gasteiger partial charge in [-0.05, 0) is 68.6 Å². The molecule has 0 fully saturated rings. The van der Waals surface area contributed by atoms with Crippen LogP contribution in [0.2, 0.25) is 0 Å². The Kier molecular flexibility index (Phi) is 13.0. The van der Waals surface area contributed by atoms with Gasteiger partial charge in [-0.25, -0.2) is 9.59 Å². The van der Waals surface area contributed by atoms with Crippen molar-refractivity contribution in [1.82, 2.24) is 0 Å². The summed E-state index contributed by atoms with van der Waals surface area (Å²) in [6.07, 6.45) is 1.63. The normalized spacial score (nSPS) is 13.9. The molecule has 0 aliphatic carbocycles. The number of carbonyl (C=O) groups is 2. The molecule has 0 aliphatic heterocycles. The van der Waals surface area contributed by atoms with Gasteiger partial charge in [0.2, 0.25) is 5.54 Å². The monoisotopic (exact) mass is 560 g/mol. The molecule has 40 heavy (non-hydrogen) atoms. The molecule has 10 heteroatoms. The predicted octanol–water partition coefficient (Wildman–Crippen LogP) is 3.59. The summed E-state index contributed by atoms with van der Waals surface area (Å²) in [5, 5.41) is 0. The third-order valence-corrected chi connectivity index (χ3v) is 6.49. The van der Waals surface area contributed by atoms with E-state index in [1.165, 1.54) is 0 Å². The maximum Gasteiger partial charge on any atom is 0.338 e. The predicted molar refractivity (Wildman–Crippen MR) is 152 cm³/mol. The van der Waals surface area contributed by atoms with Gasteiger partial charge in [0, 0.05) is 25.0 Å². The highest BCUT2D eigenvalue weighted by Gasteiger charge is 2.46. The smallest absolute Gasteiger partial charge is 0.338 e. The Morgan fingerprint density at radius 1 is 0.675 bits per heavy atom. The first kappa shape index (κ1) is 32.7. The highest BCUT2D eigenvalue weighted by Crippen LogP contribution is 2.26. The summed E-state index contributed by atoms with van der Waals surface area (Å²) in [4.78, 5) is 26.7. The van der Waals surface area contributed by atoms with Crippen LogP contribution < -0.4 is 30.4 Å². The standard InChI is InChI=1S/C30H44N2O8/c1-20(12-22-14-24(35-3)18-25(15-22)36-4)39-28(33)30(32,10-8-7-9-11-31)29(34)40-21(2)13-23-16-26(37-5)19-27(17-23)38-6/h14-21H,7-13,31-32H2,1-6H3. The van der Waals surface area contributed by atoms with E-state index in [2.05, 4.69) is 0 Å². The SMILES string of the molecule is COc1cc(CC(C)OC(=O)C(N)(CCCCCN)C(=O)OC(C)Cc2cc(OC)cc(OC)c2)cc(OC)c1. The second-order valence-corrected chi connectivity index (χ2v) is 9.85. The molecular formula is C30H44N2O8. The van der Waals surface area contributed by atoms with Gasteiger partial charge in [0.15, 0.2) is 0 Å². The molecule has 0 aromatic heterocycles. The van der Waals surface area contributed by atoms with Crippen LogP contribution in [0.15, 0.2) is 36.4 Å². The zero-order chi connectivity index (χ0) is 29.7. The highest BCUT2D eigenvalue weighted by molar-refractivity contribution is 6.04. The van der Waals surface area contributed by atoms with Crippen molar-refractivity contribution in [3.05, 3.63) is 47.5 Å². The van der Waals surface area contributed by atoms with Crippen LogP contribution in [0.5, 0.6) is 23.0 Å². The first-order chi connectivity index (χ1) is 19.1. The first-order valence-electron chi connectivity index (χ1n) is 13.4. The summed E-state index contributed by atoms with van der Waals surface area (Å²) < 4.78 is 32.7. The Hall–Kier alpha value is -3.50. The molecule has 2 aromatic rings. The second-order valence-electron chi connectivity index (χ2n) is 9.85. The lowest BCUT2D eigenvalue weighted by Crippen LogP contribution is -2.57. The van der Waals surface area contributed by atoms with E-state index in [4.69, 9.17) is 39.9 Å². The molecule has 0 radical (unpaired) electrons. The number of rotatable bonds is 17. The van der Waals surface area contributed by atoms with Gasteiger partial charge >= 0.3 is 11.9 Å². The van der Waals surface area contributed by atoms with E-state index in [0.717, 1.165) is 17.5 Å². The van der Waals surface area contributed by atoms with E-state index in [1.807, 2.05) is 24.3 Å². The summed E-state index contributed by atoms with van der Waals surface area (Å²) in [5.74, 6) is 0.810. The summed E-state index contributed by atoms with van der Waals surface area (Å²) in [6, 6.07) is 10.8. The number of hydrogen-bond acceptors (Lipinski definition) is 10. The third-order valence-electron chi connectivity index (χ3n) is 6.49. The lowest BCUT2D eigenvalue weighted by Gasteiger charge is -2.28. The van der Waals surface area contributed by atoms with Crippen LogP contribution in [0.1, 0.15) is 50.7 Å². The molecule has 0 spiro atoms. The minimum absolute atomic E-state index is 0.0735.